The summed E-state index contributed by atoms with van der Waals surface area (Å²) in [4.78, 5) is 36.9. The van der Waals surface area contributed by atoms with Crippen LogP contribution in [-0.4, -0.2) is 42.4 Å². The standard InChI is InChI=1S/C19H26N4O3.ClH/c1-13(15-5-7-20-8-6-15)9-17(24)22-16-4-2-3-14(10-16)12-23-18(25)11-21-19(23)26;/h2-4,10,13,15,20H,5-9,11-12H2,1H3,(H,21,26)(H,22,24);1H. The molecule has 0 radical (unpaired) electrons. The number of amides is 4. The lowest BCUT2D eigenvalue weighted by Gasteiger charge is -2.27. The summed E-state index contributed by atoms with van der Waals surface area (Å²) in [7, 11) is 0. The molecule has 1 atom stereocenters. The van der Waals surface area contributed by atoms with Gasteiger partial charge in [-0.25, -0.2) is 4.79 Å². The van der Waals surface area contributed by atoms with Crippen LogP contribution in [0.3, 0.4) is 0 Å². The number of halogens is 1. The Hall–Kier alpha value is -2.12. The van der Waals surface area contributed by atoms with Crippen LogP contribution in [-0.2, 0) is 16.1 Å². The number of benzene rings is 1. The normalized spacial score (nSPS) is 18.6. The van der Waals surface area contributed by atoms with Gasteiger partial charge in [0.2, 0.25) is 11.8 Å². The minimum absolute atomic E-state index is 0. The van der Waals surface area contributed by atoms with Crippen molar-refractivity contribution in [2.45, 2.75) is 32.7 Å². The summed E-state index contributed by atoms with van der Waals surface area (Å²) in [5, 5.41) is 8.79. The van der Waals surface area contributed by atoms with Crippen LogP contribution in [0.25, 0.3) is 0 Å². The first-order valence-corrected chi connectivity index (χ1v) is 9.20. The molecule has 1 aromatic rings. The zero-order chi connectivity index (χ0) is 18.5. The van der Waals surface area contributed by atoms with Gasteiger partial charge in [-0.15, -0.1) is 12.4 Å². The molecule has 148 valence electrons. The second-order valence-corrected chi connectivity index (χ2v) is 7.16. The summed E-state index contributed by atoms with van der Waals surface area (Å²) in [6, 6.07) is 6.92. The minimum atomic E-state index is -0.375. The third-order valence-corrected chi connectivity index (χ3v) is 5.18. The summed E-state index contributed by atoms with van der Waals surface area (Å²) in [5.41, 5.74) is 1.50. The van der Waals surface area contributed by atoms with Gasteiger partial charge in [0.1, 0.15) is 0 Å². The van der Waals surface area contributed by atoms with Crippen LogP contribution in [0.5, 0.6) is 0 Å². The first kappa shape index (κ1) is 21.2. The molecule has 2 aliphatic heterocycles. The topological polar surface area (TPSA) is 90.5 Å². The molecule has 2 aliphatic rings. The average molecular weight is 395 g/mol. The van der Waals surface area contributed by atoms with Gasteiger partial charge >= 0.3 is 6.03 Å². The molecule has 0 aromatic heterocycles. The number of nitrogens with zero attached hydrogens (tertiary/aromatic N) is 1. The highest BCUT2D eigenvalue weighted by molar-refractivity contribution is 6.01. The van der Waals surface area contributed by atoms with Crippen molar-refractivity contribution in [3.63, 3.8) is 0 Å². The molecule has 27 heavy (non-hydrogen) atoms. The van der Waals surface area contributed by atoms with Crippen LogP contribution in [0, 0.1) is 11.8 Å². The van der Waals surface area contributed by atoms with E-state index in [4.69, 9.17) is 0 Å². The molecule has 2 fully saturated rings. The lowest BCUT2D eigenvalue weighted by molar-refractivity contribution is -0.125. The first-order valence-electron chi connectivity index (χ1n) is 9.20. The second kappa shape index (κ2) is 9.71. The van der Waals surface area contributed by atoms with Crippen molar-refractivity contribution in [1.82, 2.24) is 15.5 Å². The Labute approximate surface area is 165 Å². The molecule has 7 nitrogen and oxygen atoms in total. The lowest BCUT2D eigenvalue weighted by Crippen LogP contribution is -2.32. The summed E-state index contributed by atoms with van der Waals surface area (Å²) in [6.07, 6.45) is 2.74. The smallest absolute Gasteiger partial charge is 0.324 e. The number of anilines is 1. The van der Waals surface area contributed by atoms with Gasteiger partial charge in [-0.05, 0) is 55.5 Å². The highest BCUT2D eigenvalue weighted by atomic mass is 35.5. The minimum Gasteiger partial charge on any atom is -0.329 e. The summed E-state index contributed by atoms with van der Waals surface area (Å²) in [5.74, 6) is 0.711. The van der Waals surface area contributed by atoms with E-state index in [2.05, 4.69) is 22.9 Å². The number of urea groups is 1. The predicted molar refractivity (Wildman–Crippen MR) is 106 cm³/mol. The molecule has 0 aliphatic carbocycles. The molecule has 0 saturated carbocycles. The maximum Gasteiger partial charge on any atom is 0.324 e. The number of carbonyl (C=O) groups excluding carboxylic acids is 3. The van der Waals surface area contributed by atoms with E-state index in [1.807, 2.05) is 24.3 Å². The molecule has 4 amide bonds. The van der Waals surface area contributed by atoms with Crippen LogP contribution >= 0.6 is 12.4 Å². The molecule has 2 saturated heterocycles. The second-order valence-electron chi connectivity index (χ2n) is 7.16. The van der Waals surface area contributed by atoms with Gasteiger partial charge in [0, 0.05) is 12.1 Å². The molecule has 2 heterocycles. The van der Waals surface area contributed by atoms with Crippen LogP contribution in [0.15, 0.2) is 24.3 Å². The van der Waals surface area contributed by atoms with Gasteiger partial charge in [0.15, 0.2) is 0 Å². The largest absolute Gasteiger partial charge is 0.329 e. The Balaban J connectivity index is 0.00000261. The van der Waals surface area contributed by atoms with Crippen molar-refractivity contribution >= 4 is 35.9 Å². The molecule has 3 rings (SSSR count). The van der Waals surface area contributed by atoms with E-state index < -0.39 is 0 Å². The van der Waals surface area contributed by atoms with Crippen LogP contribution < -0.4 is 16.0 Å². The SMILES string of the molecule is CC(CC(=O)Nc1cccc(CN2C(=O)CNC2=O)c1)C1CCNCC1.Cl. The Morgan fingerprint density at radius 2 is 2.04 bits per heavy atom. The number of hydrogen-bond donors (Lipinski definition) is 3. The third-order valence-electron chi connectivity index (χ3n) is 5.18. The number of imide groups is 1. The third kappa shape index (κ3) is 5.68. The number of hydrogen-bond acceptors (Lipinski definition) is 4. The zero-order valence-electron chi connectivity index (χ0n) is 15.5. The van der Waals surface area contributed by atoms with E-state index in [-0.39, 0.29) is 43.3 Å². The van der Waals surface area contributed by atoms with E-state index in [1.54, 1.807) is 0 Å². The monoisotopic (exact) mass is 394 g/mol. The summed E-state index contributed by atoms with van der Waals surface area (Å²) in [6.45, 7) is 4.45. The summed E-state index contributed by atoms with van der Waals surface area (Å²) >= 11 is 0. The maximum absolute atomic E-state index is 12.4. The van der Waals surface area contributed by atoms with Gasteiger partial charge in [-0.1, -0.05) is 19.1 Å². The quantitative estimate of drug-likeness (QED) is 0.644. The van der Waals surface area contributed by atoms with E-state index >= 15 is 0 Å². The van der Waals surface area contributed by atoms with E-state index in [9.17, 15) is 14.4 Å². The van der Waals surface area contributed by atoms with Crippen molar-refractivity contribution in [3.8, 4) is 0 Å². The first-order chi connectivity index (χ1) is 12.5. The summed E-state index contributed by atoms with van der Waals surface area (Å²) < 4.78 is 0. The zero-order valence-corrected chi connectivity index (χ0v) is 16.3. The Kier molecular flexibility index (Phi) is 7.62. The molecule has 1 aromatic carbocycles. The number of carbonyl (C=O) groups is 3. The highest BCUT2D eigenvalue weighted by Crippen LogP contribution is 2.25. The fourth-order valence-electron chi connectivity index (χ4n) is 3.63. The van der Waals surface area contributed by atoms with Crippen molar-refractivity contribution < 1.29 is 14.4 Å². The van der Waals surface area contributed by atoms with Crippen molar-refractivity contribution in [3.05, 3.63) is 29.8 Å². The Morgan fingerprint density at radius 3 is 2.70 bits per heavy atom. The van der Waals surface area contributed by atoms with Crippen LogP contribution in [0.4, 0.5) is 10.5 Å². The maximum atomic E-state index is 12.4. The molecule has 1 unspecified atom stereocenters. The molecule has 0 spiro atoms. The predicted octanol–water partition coefficient (Wildman–Crippen LogP) is 2.12. The fourth-order valence-corrected chi connectivity index (χ4v) is 3.63. The molecular formula is C19H27ClN4O3. The fraction of sp³-hybridized carbons (Fsp3) is 0.526. The number of piperidine rings is 1. The van der Waals surface area contributed by atoms with Gasteiger partial charge in [0.05, 0.1) is 13.1 Å². The van der Waals surface area contributed by atoms with Crippen LogP contribution in [0.2, 0.25) is 0 Å². The Morgan fingerprint density at radius 1 is 1.30 bits per heavy atom. The van der Waals surface area contributed by atoms with Crippen LogP contribution in [0.1, 0.15) is 31.7 Å². The molecule has 3 N–H and O–H groups in total. The highest BCUT2D eigenvalue weighted by Gasteiger charge is 2.28. The van der Waals surface area contributed by atoms with E-state index in [1.165, 1.54) is 4.90 Å². The van der Waals surface area contributed by atoms with Gasteiger partial charge < -0.3 is 16.0 Å². The van der Waals surface area contributed by atoms with Crippen molar-refractivity contribution in [2.24, 2.45) is 11.8 Å². The lowest BCUT2D eigenvalue weighted by atomic mass is 9.84. The average Bonchev–Trinajstić information content (AvgIpc) is 2.94. The number of nitrogens with one attached hydrogen (secondary N) is 3. The van der Waals surface area contributed by atoms with Gasteiger partial charge in [-0.3, -0.25) is 14.5 Å². The molecule has 8 heteroatoms. The number of rotatable bonds is 6. The van der Waals surface area contributed by atoms with E-state index in [0.29, 0.717) is 23.9 Å². The molecule has 0 bridgehead atoms. The Bertz CT molecular complexity index is 675. The van der Waals surface area contributed by atoms with Crippen molar-refractivity contribution in [2.75, 3.05) is 25.0 Å². The van der Waals surface area contributed by atoms with Crippen molar-refractivity contribution in [1.29, 1.82) is 0 Å². The molecular weight excluding hydrogens is 368 g/mol. The van der Waals surface area contributed by atoms with Gasteiger partial charge in [0.25, 0.3) is 0 Å². The van der Waals surface area contributed by atoms with Gasteiger partial charge in [-0.2, -0.15) is 0 Å². The van der Waals surface area contributed by atoms with E-state index in [0.717, 1.165) is 31.5 Å².